The summed E-state index contributed by atoms with van der Waals surface area (Å²) in [6.07, 6.45) is 1.53. The Balaban J connectivity index is 0. The van der Waals surface area contributed by atoms with Crippen molar-refractivity contribution in [1.82, 2.24) is 0 Å². The van der Waals surface area contributed by atoms with Crippen molar-refractivity contribution in [2.75, 3.05) is 33.0 Å². The fourth-order valence-corrected chi connectivity index (χ4v) is 0.549. The van der Waals surface area contributed by atoms with Gasteiger partial charge in [-0.05, 0) is 0 Å². The van der Waals surface area contributed by atoms with Gasteiger partial charge in [0.15, 0.2) is 0 Å². The predicted octanol–water partition coefficient (Wildman–Crippen LogP) is -0.662. The third-order valence-electron chi connectivity index (χ3n) is 1.59. The monoisotopic (exact) mass is 240 g/mol. The van der Waals surface area contributed by atoms with E-state index in [1.807, 2.05) is 0 Å². The van der Waals surface area contributed by atoms with E-state index in [0.29, 0.717) is 6.61 Å². The first kappa shape index (κ1) is 17.0. The van der Waals surface area contributed by atoms with Crippen LogP contribution in [0.2, 0.25) is 0 Å². The summed E-state index contributed by atoms with van der Waals surface area (Å²) in [5.74, 6) is 0. The molecule has 0 rings (SSSR count). The summed E-state index contributed by atoms with van der Waals surface area (Å²) in [7, 11) is -0.276. The van der Waals surface area contributed by atoms with Crippen molar-refractivity contribution < 1.29 is 29.5 Å². The average molecular weight is 240 g/mol. The van der Waals surface area contributed by atoms with Gasteiger partial charge in [0.05, 0.1) is 38.4 Å². The largest absolute Gasteiger partial charge is 0.396 e. The zero-order chi connectivity index (χ0) is 12.2. The summed E-state index contributed by atoms with van der Waals surface area (Å²) in [5.41, 5.74) is -1.11. The molecule has 0 aliphatic heterocycles. The second kappa shape index (κ2) is 11.7. The molecule has 0 heterocycles. The van der Waals surface area contributed by atoms with Gasteiger partial charge in [0.25, 0.3) is 0 Å². The van der Waals surface area contributed by atoms with E-state index in [9.17, 15) is 4.57 Å². The third kappa shape index (κ3) is 8.62. The number of hydrogen-bond donors (Lipinski definition) is 4. The highest BCUT2D eigenvalue weighted by molar-refractivity contribution is 7.17. The van der Waals surface area contributed by atoms with Gasteiger partial charge in [-0.2, -0.15) is 0 Å². The molecule has 4 N–H and O–H groups in total. The number of rotatable bonds is 7. The van der Waals surface area contributed by atoms with Gasteiger partial charge in [0.2, 0.25) is 0 Å². The van der Waals surface area contributed by atoms with Crippen LogP contribution in [0.15, 0.2) is 12.7 Å². The molecule has 0 aromatic heterocycles. The molecule has 15 heavy (non-hydrogen) atoms. The van der Waals surface area contributed by atoms with Crippen LogP contribution >= 0.6 is 8.69 Å². The highest BCUT2D eigenvalue weighted by atomic mass is 31.1. The van der Waals surface area contributed by atoms with Gasteiger partial charge in [-0.3, -0.25) is 4.52 Å². The quantitative estimate of drug-likeness (QED) is 0.267. The molecule has 0 unspecified atom stereocenters. The van der Waals surface area contributed by atoms with Crippen LogP contribution in [0.3, 0.4) is 0 Å². The molecule has 0 spiro atoms. The summed E-state index contributed by atoms with van der Waals surface area (Å²) in [6.45, 7) is 2.06. The smallest absolute Gasteiger partial charge is 0.327 e. The van der Waals surface area contributed by atoms with Crippen LogP contribution in [0.25, 0.3) is 0 Å². The highest BCUT2D eigenvalue weighted by Gasteiger charge is 2.26. The Morgan fingerprint density at radius 3 is 1.60 bits per heavy atom. The molecule has 0 aliphatic rings. The lowest BCUT2D eigenvalue weighted by atomic mass is 9.93. The summed E-state index contributed by atoms with van der Waals surface area (Å²) in [6, 6.07) is 0. The van der Waals surface area contributed by atoms with Gasteiger partial charge in [0.1, 0.15) is 0 Å². The molecule has 0 radical (unpaired) electrons. The Bertz CT molecular complexity index is 134. The second-order valence-corrected chi connectivity index (χ2v) is 3.20. The van der Waals surface area contributed by atoms with E-state index in [1.165, 1.54) is 6.08 Å². The lowest BCUT2D eigenvalue weighted by Gasteiger charge is -2.23. The van der Waals surface area contributed by atoms with E-state index < -0.39 is 31.8 Å². The van der Waals surface area contributed by atoms with Crippen molar-refractivity contribution in [3.8, 4) is 0 Å². The molecule has 7 heteroatoms. The lowest BCUT2D eigenvalue weighted by Crippen LogP contribution is -2.37. The number of aliphatic hydroxyl groups is 4. The minimum absolute atomic E-state index is 0.276. The first-order chi connectivity index (χ1) is 7.16. The molecule has 0 saturated heterocycles. The lowest BCUT2D eigenvalue weighted by molar-refractivity contribution is -0.0328. The van der Waals surface area contributed by atoms with Crippen molar-refractivity contribution in [3.63, 3.8) is 0 Å². The molecule has 0 fully saturated rings. The zero-order valence-electron chi connectivity index (χ0n) is 8.37. The van der Waals surface area contributed by atoms with E-state index in [0.717, 1.165) is 0 Å². The summed E-state index contributed by atoms with van der Waals surface area (Å²) < 4.78 is 13.7. The van der Waals surface area contributed by atoms with Gasteiger partial charge in [0, 0.05) is 0 Å². The Kier molecular flexibility index (Phi) is 13.3. The molecule has 6 nitrogen and oxygen atoms in total. The number of hydrogen-bond acceptors (Lipinski definition) is 6. The van der Waals surface area contributed by atoms with Crippen LogP contribution in [0.4, 0.5) is 0 Å². The van der Waals surface area contributed by atoms with Crippen LogP contribution in [0, 0.1) is 5.41 Å². The Morgan fingerprint density at radius 2 is 1.53 bits per heavy atom. The van der Waals surface area contributed by atoms with Crippen LogP contribution in [0.5, 0.6) is 0 Å². The van der Waals surface area contributed by atoms with Crippen molar-refractivity contribution in [2.45, 2.75) is 0 Å². The third-order valence-corrected chi connectivity index (χ3v) is 1.84. The summed E-state index contributed by atoms with van der Waals surface area (Å²) >= 11 is 0. The highest BCUT2D eigenvalue weighted by Crippen LogP contribution is 2.11. The zero-order valence-corrected chi connectivity index (χ0v) is 9.27. The maximum absolute atomic E-state index is 9.39. The van der Waals surface area contributed by atoms with Gasteiger partial charge >= 0.3 is 8.69 Å². The molecule has 0 aliphatic carbocycles. The van der Waals surface area contributed by atoms with Gasteiger partial charge < -0.3 is 20.4 Å². The minimum atomic E-state index is -1.11. The maximum Gasteiger partial charge on any atom is 0.327 e. The fourth-order valence-electron chi connectivity index (χ4n) is 0.383. The van der Waals surface area contributed by atoms with Gasteiger partial charge in [-0.25, -0.2) is 4.57 Å². The fraction of sp³-hybridized carbons (Fsp3) is 0.750. The first-order valence-corrected chi connectivity index (χ1v) is 4.88. The molecule has 90 valence electrons. The van der Waals surface area contributed by atoms with Crippen LogP contribution < -0.4 is 0 Å². The van der Waals surface area contributed by atoms with Crippen LogP contribution in [0.1, 0.15) is 0 Å². The van der Waals surface area contributed by atoms with E-state index in [4.69, 9.17) is 20.4 Å². The molecular weight excluding hydrogens is 223 g/mol. The SMILES string of the molecule is C=CCOP=O.OCC(CO)(CO)CO. The number of aliphatic hydroxyl groups excluding tert-OH is 4. The second-order valence-electron chi connectivity index (χ2n) is 2.79. The van der Waals surface area contributed by atoms with Crippen LogP contribution in [-0.4, -0.2) is 53.5 Å². The normalized spacial score (nSPS) is 10.7. The summed E-state index contributed by atoms with van der Waals surface area (Å²) in [5, 5.41) is 34.0. The molecule has 0 atom stereocenters. The van der Waals surface area contributed by atoms with Gasteiger partial charge in [-0.1, -0.05) is 6.08 Å². The van der Waals surface area contributed by atoms with E-state index in [-0.39, 0.29) is 8.69 Å². The minimum Gasteiger partial charge on any atom is -0.396 e. The van der Waals surface area contributed by atoms with E-state index in [2.05, 4.69) is 11.1 Å². The standard InChI is InChI=1S/C5H12O4.C3H5O2P/c6-1-5(2-7,3-8)4-9;1-2-3-5-6-4/h6-9H,1-4H2;2H,1,3H2. The molecule has 0 aromatic carbocycles. The van der Waals surface area contributed by atoms with Crippen molar-refractivity contribution in [1.29, 1.82) is 0 Å². The molecule has 0 aromatic rings. The van der Waals surface area contributed by atoms with Crippen molar-refractivity contribution in [2.24, 2.45) is 5.41 Å². The van der Waals surface area contributed by atoms with Crippen molar-refractivity contribution >= 4 is 8.69 Å². The molecule has 0 amide bonds. The van der Waals surface area contributed by atoms with E-state index in [1.54, 1.807) is 0 Å². The molecule has 0 bridgehead atoms. The maximum atomic E-state index is 9.39. The predicted molar refractivity (Wildman–Crippen MR) is 54.5 cm³/mol. The molecular formula is C8H17O6P. The topological polar surface area (TPSA) is 107 Å². The summed E-state index contributed by atoms with van der Waals surface area (Å²) in [4.78, 5) is 0. The van der Waals surface area contributed by atoms with Gasteiger partial charge in [-0.15, -0.1) is 6.58 Å². The van der Waals surface area contributed by atoms with Crippen molar-refractivity contribution in [3.05, 3.63) is 12.7 Å². The Morgan fingerprint density at radius 1 is 1.13 bits per heavy atom. The van der Waals surface area contributed by atoms with Crippen LogP contribution in [-0.2, 0) is 9.09 Å². The first-order valence-electron chi connectivity index (χ1n) is 4.15. The molecule has 0 saturated carbocycles. The Hall–Kier alpha value is -0.360. The Labute approximate surface area is 90.1 Å². The van der Waals surface area contributed by atoms with E-state index >= 15 is 0 Å². The average Bonchev–Trinajstić information content (AvgIpc) is 2.31.